The molecule has 4 heteroatoms. The van der Waals surface area contributed by atoms with Crippen molar-refractivity contribution in [1.82, 2.24) is 0 Å². The Hall–Kier alpha value is -1.06. The number of aliphatic imine (C=N–C) groups is 1. The quantitative estimate of drug-likeness (QED) is 0.555. The molecule has 2 atom stereocenters. The van der Waals surface area contributed by atoms with E-state index in [0.717, 1.165) is 6.42 Å². The van der Waals surface area contributed by atoms with Crippen LogP contribution in [0, 0.1) is 11.3 Å². The lowest BCUT2D eigenvalue weighted by Gasteiger charge is -2.19. The van der Waals surface area contributed by atoms with E-state index in [2.05, 4.69) is 25.8 Å². The Bertz CT molecular complexity index is 280. The third kappa shape index (κ3) is 7.77. The number of nitrogens with zero attached hydrogens (tertiary/aromatic N) is 1. The Morgan fingerprint density at radius 1 is 1.41 bits per heavy atom. The van der Waals surface area contributed by atoms with Crippen LogP contribution in [0.4, 0.5) is 0 Å². The van der Waals surface area contributed by atoms with Gasteiger partial charge >= 0.3 is 5.97 Å². The van der Waals surface area contributed by atoms with Gasteiger partial charge in [-0.2, -0.15) is 0 Å². The Morgan fingerprint density at radius 2 is 1.94 bits per heavy atom. The number of hydrogen-bond acceptors (Lipinski definition) is 2. The van der Waals surface area contributed by atoms with Crippen molar-refractivity contribution in [1.29, 1.82) is 0 Å². The molecule has 0 fully saturated rings. The van der Waals surface area contributed by atoms with Crippen molar-refractivity contribution in [3.8, 4) is 0 Å². The molecule has 0 aliphatic rings. The fourth-order valence-corrected chi connectivity index (χ4v) is 1.55. The Balaban J connectivity index is 4.63. The number of amidine groups is 1. The zero-order valence-electron chi connectivity index (χ0n) is 11.7. The van der Waals surface area contributed by atoms with E-state index in [1.807, 2.05) is 13.8 Å². The van der Waals surface area contributed by atoms with Crippen molar-refractivity contribution in [2.24, 2.45) is 22.1 Å². The number of rotatable bonds is 6. The summed E-state index contributed by atoms with van der Waals surface area (Å²) in [6, 6.07) is -0.702. The topological polar surface area (TPSA) is 75.7 Å². The van der Waals surface area contributed by atoms with Gasteiger partial charge in [-0.25, -0.2) is 4.79 Å². The number of nitrogens with two attached hydrogens (primary N) is 1. The molecule has 0 heterocycles. The third-order valence-electron chi connectivity index (χ3n) is 2.64. The van der Waals surface area contributed by atoms with Gasteiger partial charge in [0.1, 0.15) is 6.04 Å². The maximum atomic E-state index is 11.1. The summed E-state index contributed by atoms with van der Waals surface area (Å²) >= 11 is 0. The van der Waals surface area contributed by atoms with E-state index in [1.54, 1.807) is 0 Å². The number of aliphatic carboxylic acids is 1. The molecule has 0 saturated heterocycles. The van der Waals surface area contributed by atoms with Gasteiger partial charge in [-0.3, -0.25) is 4.99 Å². The van der Waals surface area contributed by atoms with Crippen LogP contribution in [0.1, 0.15) is 53.9 Å². The van der Waals surface area contributed by atoms with Gasteiger partial charge < -0.3 is 10.8 Å². The van der Waals surface area contributed by atoms with Gasteiger partial charge in [0.05, 0.1) is 5.84 Å². The van der Waals surface area contributed by atoms with Crippen LogP contribution in [0.15, 0.2) is 4.99 Å². The highest BCUT2D eigenvalue weighted by Gasteiger charge is 2.20. The molecule has 3 N–H and O–H groups in total. The predicted molar refractivity (Wildman–Crippen MR) is 71.2 cm³/mol. The zero-order valence-corrected chi connectivity index (χ0v) is 11.7. The van der Waals surface area contributed by atoms with E-state index >= 15 is 0 Å². The number of hydrogen-bond donors (Lipinski definition) is 2. The minimum Gasteiger partial charge on any atom is -0.480 e. The maximum absolute atomic E-state index is 11.1. The van der Waals surface area contributed by atoms with E-state index in [4.69, 9.17) is 10.8 Å². The van der Waals surface area contributed by atoms with Crippen molar-refractivity contribution >= 4 is 11.8 Å². The van der Waals surface area contributed by atoms with Crippen LogP contribution in [-0.2, 0) is 4.79 Å². The second-order valence-electron chi connectivity index (χ2n) is 5.96. The predicted octanol–water partition coefficient (Wildman–Crippen LogP) is 2.67. The van der Waals surface area contributed by atoms with E-state index in [-0.39, 0.29) is 5.41 Å². The highest BCUT2D eigenvalue weighted by molar-refractivity contribution is 5.84. The van der Waals surface area contributed by atoms with E-state index in [1.165, 1.54) is 0 Å². The number of carboxylic acid groups (broad SMARTS) is 1. The lowest BCUT2D eigenvalue weighted by Crippen LogP contribution is -2.27. The first-order chi connectivity index (χ1) is 7.65. The molecule has 2 unspecified atom stereocenters. The maximum Gasteiger partial charge on any atom is 0.328 e. The van der Waals surface area contributed by atoms with Gasteiger partial charge in [0.15, 0.2) is 0 Å². The van der Waals surface area contributed by atoms with Gasteiger partial charge in [0.2, 0.25) is 0 Å². The number of carboxylic acids is 1. The first-order valence-corrected chi connectivity index (χ1v) is 6.20. The molecule has 4 nitrogen and oxygen atoms in total. The second-order valence-corrected chi connectivity index (χ2v) is 5.96. The van der Waals surface area contributed by atoms with E-state index < -0.39 is 12.0 Å². The Morgan fingerprint density at radius 3 is 2.29 bits per heavy atom. The summed E-state index contributed by atoms with van der Waals surface area (Å²) in [7, 11) is 0. The zero-order chi connectivity index (χ0) is 13.6. The molecule has 100 valence electrons. The Kier molecular flexibility index (Phi) is 6.21. The molecule has 0 amide bonds. The molecule has 0 saturated carbocycles. The average Bonchev–Trinajstić information content (AvgIpc) is 2.13. The molecule has 0 aromatic rings. The molecule has 0 aliphatic carbocycles. The molecular formula is C13H26N2O2. The van der Waals surface area contributed by atoms with Crippen molar-refractivity contribution in [3.63, 3.8) is 0 Å². The number of carbonyl (C=O) groups is 1. The molecule has 0 aromatic heterocycles. The van der Waals surface area contributed by atoms with Crippen LogP contribution in [0.3, 0.4) is 0 Å². The minimum atomic E-state index is -0.887. The van der Waals surface area contributed by atoms with Gasteiger partial charge in [-0.1, -0.05) is 41.0 Å². The van der Waals surface area contributed by atoms with Crippen molar-refractivity contribution in [2.75, 3.05) is 0 Å². The van der Waals surface area contributed by atoms with Crippen molar-refractivity contribution < 1.29 is 9.90 Å². The molecule has 0 bridgehead atoms. The molecule has 0 rings (SSSR count). The molecule has 0 radical (unpaired) electrons. The molecular weight excluding hydrogens is 216 g/mol. The summed E-state index contributed by atoms with van der Waals surface area (Å²) in [5.74, 6) is -0.0994. The van der Waals surface area contributed by atoms with Gasteiger partial charge in [0, 0.05) is 6.42 Å². The highest BCUT2D eigenvalue weighted by Crippen LogP contribution is 2.19. The highest BCUT2D eigenvalue weighted by atomic mass is 16.4. The first kappa shape index (κ1) is 15.9. The van der Waals surface area contributed by atoms with Crippen LogP contribution in [-0.4, -0.2) is 23.0 Å². The summed E-state index contributed by atoms with van der Waals surface area (Å²) in [6.07, 6.45) is 2.13. The van der Waals surface area contributed by atoms with E-state index in [9.17, 15) is 4.79 Å². The third-order valence-corrected chi connectivity index (χ3v) is 2.64. The van der Waals surface area contributed by atoms with Gasteiger partial charge in [-0.05, 0) is 17.8 Å². The first-order valence-electron chi connectivity index (χ1n) is 6.20. The van der Waals surface area contributed by atoms with Crippen LogP contribution >= 0.6 is 0 Å². The van der Waals surface area contributed by atoms with E-state index in [0.29, 0.717) is 24.6 Å². The van der Waals surface area contributed by atoms with Crippen molar-refractivity contribution in [2.45, 2.75) is 59.9 Å². The lowest BCUT2D eigenvalue weighted by molar-refractivity contribution is -0.138. The van der Waals surface area contributed by atoms with Crippen molar-refractivity contribution in [3.05, 3.63) is 0 Å². The summed E-state index contributed by atoms with van der Waals surface area (Å²) in [6.45, 7) is 10.2. The molecule has 0 spiro atoms. The summed E-state index contributed by atoms with van der Waals surface area (Å²) < 4.78 is 0. The normalized spacial score (nSPS) is 16.6. The fourth-order valence-electron chi connectivity index (χ4n) is 1.55. The summed E-state index contributed by atoms with van der Waals surface area (Å²) in [4.78, 5) is 15.2. The smallest absolute Gasteiger partial charge is 0.328 e. The fraction of sp³-hybridized carbons (Fsp3) is 0.846. The summed E-state index contributed by atoms with van der Waals surface area (Å²) in [5.41, 5.74) is 5.84. The van der Waals surface area contributed by atoms with Gasteiger partial charge in [-0.15, -0.1) is 0 Å². The minimum absolute atomic E-state index is 0.0347. The second kappa shape index (κ2) is 6.62. The van der Waals surface area contributed by atoms with Crippen LogP contribution in [0.25, 0.3) is 0 Å². The average molecular weight is 242 g/mol. The molecule has 0 aromatic carbocycles. The van der Waals surface area contributed by atoms with Gasteiger partial charge in [0.25, 0.3) is 0 Å². The monoisotopic (exact) mass is 242 g/mol. The van der Waals surface area contributed by atoms with Crippen LogP contribution in [0.2, 0.25) is 0 Å². The molecule has 0 aliphatic heterocycles. The SMILES string of the molecule is CCC(C)CC(N=C(N)CC(C)(C)C)C(=O)O. The molecule has 17 heavy (non-hydrogen) atoms. The lowest BCUT2D eigenvalue weighted by atomic mass is 9.91. The largest absolute Gasteiger partial charge is 0.480 e. The van der Waals surface area contributed by atoms with Crippen LogP contribution < -0.4 is 5.73 Å². The Labute approximate surface area is 104 Å². The van der Waals surface area contributed by atoms with Crippen LogP contribution in [0.5, 0.6) is 0 Å². The standard InChI is InChI=1S/C13H26N2O2/c1-6-9(2)7-10(12(16)17)15-11(14)8-13(3,4)5/h9-10H,6-8H2,1-5H3,(H2,14,15)(H,16,17). The summed E-state index contributed by atoms with van der Waals surface area (Å²) in [5, 5.41) is 9.10.